The standard InChI is InChI=1S/C11H16N2OS.ClH/c1-8(10-4-3-5-15-10)13(2)11(14)9-6-12-7-9;/h3-5,8-9,12H,6-7H2,1-2H3;1H. The van der Waals surface area contributed by atoms with Gasteiger partial charge in [-0.05, 0) is 18.4 Å². The fourth-order valence-electron chi connectivity index (χ4n) is 1.66. The van der Waals surface area contributed by atoms with Crippen molar-refractivity contribution in [3.8, 4) is 0 Å². The summed E-state index contributed by atoms with van der Waals surface area (Å²) < 4.78 is 0. The minimum atomic E-state index is 0. The molecule has 1 aliphatic rings. The largest absolute Gasteiger partial charge is 0.338 e. The van der Waals surface area contributed by atoms with Crippen molar-refractivity contribution < 1.29 is 4.79 Å². The Hall–Kier alpha value is -0.580. The number of nitrogens with zero attached hydrogens (tertiary/aromatic N) is 1. The number of halogens is 1. The molecule has 0 aromatic carbocycles. The summed E-state index contributed by atoms with van der Waals surface area (Å²) in [5, 5.41) is 5.18. The zero-order chi connectivity index (χ0) is 10.8. The van der Waals surface area contributed by atoms with Crippen LogP contribution in [0.2, 0.25) is 0 Å². The van der Waals surface area contributed by atoms with Crippen LogP contribution in [0.4, 0.5) is 0 Å². The molecule has 0 spiro atoms. The molecule has 1 fully saturated rings. The minimum Gasteiger partial charge on any atom is -0.338 e. The smallest absolute Gasteiger partial charge is 0.228 e. The van der Waals surface area contributed by atoms with Gasteiger partial charge in [0.1, 0.15) is 0 Å². The molecule has 1 amide bonds. The highest BCUT2D eigenvalue weighted by Gasteiger charge is 2.30. The Morgan fingerprint density at radius 1 is 1.62 bits per heavy atom. The van der Waals surface area contributed by atoms with Gasteiger partial charge >= 0.3 is 0 Å². The summed E-state index contributed by atoms with van der Waals surface area (Å²) in [7, 11) is 1.89. The van der Waals surface area contributed by atoms with Crippen molar-refractivity contribution >= 4 is 29.7 Å². The van der Waals surface area contributed by atoms with Gasteiger partial charge in [0.2, 0.25) is 5.91 Å². The van der Waals surface area contributed by atoms with Gasteiger partial charge in [-0.1, -0.05) is 6.07 Å². The highest BCUT2D eigenvalue weighted by Crippen LogP contribution is 2.25. The molecule has 90 valence electrons. The van der Waals surface area contributed by atoms with Gasteiger partial charge in [-0.25, -0.2) is 0 Å². The highest BCUT2D eigenvalue weighted by atomic mass is 35.5. The Kier molecular flexibility index (Phi) is 4.77. The molecule has 0 aliphatic carbocycles. The van der Waals surface area contributed by atoms with Crippen molar-refractivity contribution in [3.63, 3.8) is 0 Å². The van der Waals surface area contributed by atoms with Gasteiger partial charge in [0.15, 0.2) is 0 Å². The predicted molar refractivity (Wildman–Crippen MR) is 69.1 cm³/mol. The number of rotatable bonds is 3. The van der Waals surface area contributed by atoms with Gasteiger partial charge < -0.3 is 10.2 Å². The van der Waals surface area contributed by atoms with E-state index in [1.165, 1.54) is 4.88 Å². The lowest BCUT2D eigenvalue weighted by Crippen LogP contribution is -2.51. The molecule has 2 rings (SSSR count). The summed E-state index contributed by atoms with van der Waals surface area (Å²) >= 11 is 1.70. The maximum Gasteiger partial charge on any atom is 0.228 e. The van der Waals surface area contributed by atoms with Crippen LogP contribution >= 0.6 is 23.7 Å². The molecule has 1 unspecified atom stereocenters. The summed E-state index contributed by atoms with van der Waals surface area (Å²) in [4.78, 5) is 15.1. The maximum atomic E-state index is 12.0. The Balaban J connectivity index is 0.00000128. The molecule has 1 aromatic rings. The van der Waals surface area contributed by atoms with Crippen molar-refractivity contribution in [2.24, 2.45) is 5.92 Å². The van der Waals surface area contributed by atoms with Gasteiger partial charge in [-0.15, -0.1) is 23.7 Å². The zero-order valence-corrected chi connectivity index (χ0v) is 11.1. The molecule has 1 aliphatic heterocycles. The first kappa shape index (κ1) is 13.5. The number of hydrogen-bond acceptors (Lipinski definition) is 3. The first-order valence-corrected chi connectivity index (χ1v) is 6.09. The quantitative estimate of drug-likeness (QED) is 0.901. The summed E-state index contributed by atoms with van der Waals surface area (Å²) in [5.74, 6) is 0.451. The SMILES string of the molecule is CC(c1cccs1)N(C)C(=O)C1CNC1.Cl. The second kappa shape index (κ2) is 5.66. The molecular formula is C11H17ClN2OS. The molecule has 16 heavy (non-hydrogen) atoms. The molecule has 3 nitrogen and oxygen atoms in total. The number of amides is 1. The maximum absolute atomic E-state index is 12.0. The summed E-state index contributed by atoms with van der Waals surface area (Å²) in [5.41, 5.74) is 0. The molecule has 1 N–H and O–H groups in total. The monoisotopic (exact) mass is 260 g/mol. The first-order valence-electron chi connectivity index (χ1n) is 5.21. The van der Waals surface area contributed by atoms with Gasteiger partial charge in [-0.2, -0.15) is 0 Å². The van der Waals surface area contributed by atoms with Crippen molar-refractivity contribution in [2.45, 2.75) is 13.0 Å². The first-order chi connectivity index (χ1) is 7.20. The van der Waals surface area contributed by atoms with E-state index in [-0.39, 0.29) is 30.3 Å². The Labute approximate surface area is 106 Å². The van der Waals surface area contributed by atoms with E-state index in [0.717, 1.165) is 13.1 Å². The average Bonchev–Trinajstić information content (AvgIpc) is 2.65. The molecule has 2 heterocycles. The van der Waals surface area contributed by atoms with Gasteiger partial charge in [0, 0.05) is 25.0 Å². The zero-order valence-electron chi connectivity index (χ0n) is 9.47. The number of carbonyl (C=O) groups excluding carboxylic acids is 1. The van der Waals surface area contributed by atoms with Crippen LogP contribution in [0.3, 0.4) is 0 Å². The Morgan fingerprint density at radius 2 is 2.31 bits per heavy atom. The minimum absolute atomic E-state index is 0. The lowest BCUT2D eigenvalue weighted by molar-refractivity contribution is -0.137. The molecule has 1 atom stereocenters. The summed E-state index contributed by atoms with van der Waals surface area (Å²) in [6.07, 6.45) is 0. The van der Waals surface area contributed by atoms with Crippen molar-refractivity contribution in [1.29, 1.82) is 0 Å². The van der Waals surface area contributed by atoms with Crippen LogP contribution in [0.1, 0.15) is 17.8 Å². The number of carbonyl (C=O) groups is 1. The lowest BCUT2D eigenvalue weighted by atomic mass is 10.0. The second-order valence-corrected chi connectivity index (χ2v) is 4.97. The van der Waals surface area contributed by atoms with Crippen LogP contribution in [-0.4, -0.2) is 30.9 Å². The number of nitrogens with one attached hydrogen (secondary N) is 1. The molecule has 1 aromatic heterocycles. The second-order valence-electron chi connectivity index (χ2n) is 4.00. The van der Waals surface area contributed by atoms with E-state index in [9.17, 15) is 4.79 Å². The van der Waals surface area contributed by atoms with Gasteiger partial charge in [0.05, 0.1) is 12.0 Å². The fourth-order valence-corrected chi connectivity index (χ4v) is 2.49. The van der Waals surface area contributed by atoms with E-state index < -0.39 is 0 Å². The van der Waals surface area contributed by atoms with E-state index in [0.29, 0.717) is 0 Å². The van der Waals surface area contributed by atoms with Crippen molar-refractivity contribution in [3.05, 3.63) is 22.4 Å². The topological polar surface area (TPSA) is 32.3 Å². The molecule has 5 heteroatoms. The van der Waals surface area contributed by atoms with Gasteiger partial charge in [0.25, 0.3) is 0 Å². The third-order valence-corrected chi connectivity index (χ3v) is 4.06. The lowest BCUT2D eigenvalue weighted by Gasteiger charge is -2.33. The van der Waals surface area contributed by atoms with Crippen LogP contribution < -0.4 is 5.32 Å². The third kappa shape index (κ3) is 2.56. The fraction of sp³-hybridized carbons (Fsp3) is 0.545. The molecule has 0 radical (unpaired) electrons. The normalized spacial score (nSPS) is 17.1. The van der Waals surface area contributed by atoms with E-state index in [1.54, 1.807) is 11.3 Å². The highest BCUT2D eigenvalue weighted by molar-refractivity contribution is 7.10. The third-order valence-electron chi connectivity index (χ3n) is 3.01. The molecular weight excluding hydrogens is 244 g/mol. The number of hydrogen-bond donors (Lipinski definition) is 1. The Bertz CT molecular complexity index is 338. The van der Waals surface area contributed by atoms with Crippen LogP contribution in [-0.2, 0) is 4.79 Å². The summed E-state index contributed by atoms with van der Waals surface area (Å²) in [6, 6.07) is 4.30. The predicted octanol–water partition coefficient (Wildman–Crippen LogP) is 1.91. The van der Waals surface area contributed by atoms with E-state index in [2.05, 4.69) is 23.7 Å². The van der Waals surface area contributed by atoms with Crippen molar-refractivity contribution in [1.82, 2.24) is 10.2 Å². The molecule has 1 saturated heterocycles. The van der Waals surface area contributed by atoms with Crippen LogP contribution in [0.5, 0.6) is 0 Å². The summed E-state index contributed by atoms with van der Waals surface area (Å²) in [6.45, 7) is 3.75. The van der Waals surface area contributed by atoms with E-state index in [4.69, 9.17) is 0 Å². The van der Waals surface area contributed by atoms with E-state index in [1.807, 2.05) is 18.0 Å². The average molecular weight is 261 g/mol. The van der Waals surface area contributed by atoms with Crippen molar-refractivity contribution in [2.75, 3.05) is 20.1 Å². The van der Waals surface area contributed by atoms with Crippen LogP contribution in [0.15, 0.2) is 17.5 Å². The number of thiophene rings is 1. The molecule has 0 bridgehead atoms. The van der Waals surface area contributed by atoms with Crippen LogP contribution in [0.25, 0.3) is 0 Å². The molecule has 0 saturated carbocycles. The van der Waals surface area contributed by atoms with Crippen LogP contribution in [0, 0.1) is 5.92 Å². The van der Waals surface area contributed by atoms with Gasteiger partial charge in [-0.3, -0.25) is 4.79 Å². The Morgan fingerprint density at radius 3 is 2.75 bits per heavy atom. The van der Waals surface area contributed by atoms with E-state index >= 15 is 0 Å².